The molecule has 1 aliphatic heterocycles. The molecule has 0 aliphatic carbocycles. The van der Waals surface area contributed by atoms with Gasteiger partial charge < -0.3 is 20.1 Å². The third-order valence-electron chi connectivity index (χ3n) is 5.65. The standard InChI is InChI=1S/C24H31N5O3/c1-15-10-16(2)29-18(12-26-22(29)27-15)11-25-21-7-6-17(14-30)20-13-28(9-8-19(20)21)23(31)32-24(3,4)5/h6-7,10,12,25,30H,8-9,11,13-14H2,1-5H3. The maximum absolute atomic E-state index is 12.6. The van der Waals surface area contributed by atoms with E-state index >= 15 is 0 Å². The van der Waals surface area contributed by atoms with Crippen LogP contribution in [0.1, 0.15) is 54.5 Å². The second-order valence-electron chi connectivity index (χ2n) is 9.32. The monoisotopic (exact) mass is 437 g/mol. The molecule has 0 atom stereocenters. The summed E-state index contributed by atoms with van der Waals surface area (Å²) in [6.07, 6.45) is 2.22. The molecule has 3 heterocycles. The van der Waals surface area contributed by atoms with Gasteiger partial charge in [-0.15, -0.1) is 0 Å². The SMILES string of the molecule is Cc1cc(C)n2c(CNc3ccc(CO)c4c3CCN(C(=O)OC(C)(C)C)C4)cnc2n1. The molecule has 0 bridgehead atoms. The van der Waals surface area contributed by atoms with E-state index < -0.39 is 5.60 Å². The van der Waals surface area contributed by atoms with Gasteiger partial charge in [0.2, 0.25) is 5.78 Å². The van der Waals surface area contributed by atoms with Gasteiger partial charge in [0, 0.05) is 30.2 Å². The Morgan fingerprint density at radius 2 is 2.03 bits per heavy atom. The Bertz CT molecular complexity index is 1160. The molecule has 0 unspecified atom stereocenters. The highest BCUT2D eigenvalue weighted by Crippen LogP contribution is 2.31. The van der Waals surface area contributed by atoms with E-state index in [9.17, 15) is 9.90 Å². The Labute approximate surface area is 188 Å². The van der Waals surface area contributed by atoms with Crippen LogP contribution in [-0.2, 0) is 30.9 Å². The second-order valence-corrected chi connectivity index (χ2v) is 9.32. The molecule has 0 saturated carbocycles. The molecular formula is C24H31N5O3. The minimum Gasteiger partial charge on any atom is -0.444 e. The number of hydrogen-bond donors (Lipinski definition) is 2. The molecular weight excluding hydrogens is 406 g/mol. The van der Waals surface area contributed by atoms with Crippen molar-refractivity contribution in [3.8, 4) is 0 Å². The van der Waals surface area contributed by atoms with Crippen LogP contribution in [0.15, 0.2) is 24.4 Å². The van der Waals surface area contributed by atoms with E-state index in [2.05, 4.69) is 26.6 Å². The molecule has 0 radical (unpaired) electrons. The van der Waals surface area contributed by atoms with E-state index in [0.29, 0.717) is 31.8 Å². The number of anilines is 1. The van der Waals surface area contributed by atoms with Crippen LogP contribution in [0.2, 0.25) is 0 Å². The lowest BCUT2D eigenvalue weighted by atomic mass is 9.93. The van der Waals surface area contributed by atoms with Gasteiger partial charge in [-0.3, -0.25) is 4.40 Å². The predicted octanol–water partition coefficient (Wildman–Crippen LogP) is 3.74. The third-order valence-corrected chi connectivity index (χ3v) is 5.65. The zero-order valence-electron chi connectivity index (χ0n) is 19.4. The van der Waals surface area contributed by atoms with Crippen LogP contribution in [0, 0.1) is 13.8 Å². The number of benzene rings is 1. The van der Waals surface area contributed by atoms with Crippen molar-refractivity contribution >= 4 is 17.6 Å². The van der Waals surface area contributed by atoms with E-state index in [4.69, 9.17) is 4.74 Å². The molecule has 3 aromatic rings. The fourth-order valence-corrected chi connectivity index (χ4v) is 4.24. The van der Waals surface area contributed by atoms with Gasteiger partial charge in [-0.2, -0.15) is 0 Å². The largest absolute Gasteiger partial charge is 0.444 e. The van der Waals surface area contributed by atoms with Gasteiger partial charge in [0.1, 0.15) is 5.60 Å². The lowest BCUT2D eigenvalue weighted by molar-refractivity contribution is 0.0222. The van der Waals surface area contributed by atoms with Gasteiger partial charge in [0.25, 0.3) is 0 Å². The highest BCUT2D eigenvalue weighted by atomic mass is 16.6. The van der Waals surface area contributed by atoms with E-state index in [1.165, 1.54) is 0 Å². The Hall–Kier alpha value is -3.13. The van der Waals surface area contributed by atoms with Crippen LogP contribution in [0.25, 0.3) is 5.78 Å². The summed E-state index contributed by atoms with van der Waals surface area (Å²) in [6, 6.07) is 5.97. The van der Waals surface area contributed by atoms with E-state index in [0.717, 1.165) is 39.5 Å². The van der Waals surface area contributed by atoms with Crippen molar-refractivity contribution in [1.82, 2.24) is 19.3 Å². The number of fused-ring (bicyclic) bond motifs is 2. The molecule has 0 fully saturated rings. The smallest absolute Gasteiger partial charge is 0.410 e. The predicted molar refractivity (Wildman–Crippen MR) is 123 cm³/mol. The number of nitrogens with zero attached hydrogens (tertiary/aromatic N) is 4. The molecule has 0 spiro atoms. The number of imidazole rings is 1. The van der Waals surface area contributed by atoms with Crippen molar-refractivity contribution in [2.75, 3.05) is 11.9 Å². The van der Waals surface area contributed by atoms with Crippen LogP contribution in [0.3, 0.4) is 0 Å². The summed E-state index contributed by atoms with van der Waals surface area (Å²) >= 11 is 0. The van der Waals surface area contributed by atoms with Crippen molar-refractivity contribution in [1.29, 1.82) is 0 Å². The first-order valence-corrected chi connectivity index (χ1v) is 10.9. The molecule has 32 heavy (non-hydrogen) atoms. The molecule has 1 aliphatic rings. The highest BCUT2D eigenvalue weighted by molar-refractivity contribution is 5.70. The summed E-state index contributed by atoms with van der Waals surface area (Å²) in [5.74, 6) is 0.699. The van der Waals surface area contributed by atoms with Crippen molar-refractivity contribution in [3.05, 3.63) is 58.2 Å². The molecule has 1 amide bonds. The second kappa shape index (κ2) is 8.43. The number of aliphatic hydroxyl groups is 1. The number of nitrogens with one attached hydrogen (secondary N) is 1. The van der Waals surface area contributed by atoms with E-state index in [-0.39, 0.29) is 12.7 Å². The number of aromatic nitrogens is 3. The average molecular weight is 438 g/mol. The van der Waals surface area contributed by atoms with Gasteiger partial charge in [0.05, 0.1) is 25.0 Å². The van der Waals surface area contributed by atoms with Crippen molar-refractivity contribution < 1.29 is 14.6 Å². The van der Waals surface area contributed by atoms with Crippen molar-refractivity contribution in [3.63, 3.8) is 0 Å². The molecule has 1 aromatic carbocycles. The third kappa shape index (κ3) is 4.41. The van der Waals surface area contributed by atoms with Crippen LogP contribution in [-0.4, -0.2) is 42.6 Å². The first-order valence-electron chi connectivity index (χ1n) is 10.9. The van der Waals surface area contributed by atoms with Gasteiger partial charge in [-0.05, 0) is 69.9 Å². The summed E-state index contributed by atoms with van der Waals surface area (Å²) in [6.45, 7) is 11.1. The maximum atomic E-state index is 12.6. The van der Waals surface area contributed by atoms with E-state index in [1.807, 2.05) is 52.1 Å². The Morgan fingerprint density at radius 3 is 2.75 bits per heavy atom. The average Bonchev–Trinajstić information content (AvgIpc) is 3.13. The van der Waals surface area contributed by atoms with Crippen molar-refractivity contribution in [2.24, 2.45) is 0 Å². The molecule has 2 aromatic heterocycles. The van der Waals surface area contributed by atoms with Gasteiger partial charge in [0.15, 0.2) is 0 Å². The fourth-order valence-electron chi connectivity index (χ4n) is 4.24. The maximum Gasteiger partial charge on any atom is 0.410 e. The summed E-state index contributed by atoms with van der Waals surface area (Å²) in [7, 11) is 0. The molecule has 8 heteroatoms. The number of carbonyl (C=O) groups is 1. The minimum atomic E-state index is -0.542. The number of ether oxygens (including phenoxy) is 1. The van der Waals surface area contributed by atoms with Gasteiger partial charge in [-0.1, -0.05) is 6.07 Å². The number of rotatable bonds is 4. The first kappa shape index (κ1) is 22.1. The minimum absolute atomic E-state index is 0.0672. The lowest BCUT2D eigenvalue weighted by Gasteiger charge is -2.33. The van der Waals surface area contributed by atoms with Gasteiger partial charge in [-0.25, -0.2) is 14.8 Å². The zero-order valence-corrected chi connectivity index (χ0v) is 19.4. The molecule has 170 valence electrons. The summed E-state index contributed by atoms with van der Waals surface area (Å²) in [4.78, 5) is 23.2. The number of aliphatic hydroxyl groups excluding tert-OH is 1. The van der Waals surface area contributed by atoms with Gasteiger partial charge >= 0.3 is 6.09 Å². The molecule has 8 nitrogen and oxygen atoms in total. The fraction of sp³-hybridized carbons (Fsp3) is 0.458. The Balaban J connectivity index is 1.57. The van der Waals surface area contributed by atoms with Crippen LogP contribution in [0.4, 0.5) is 10.5 Å². The Kier molecular flexibility index (Phi) is 5.81. The lowest BCUT2D eigenvalue weighted by Crippen LogP contribution is -2.40. The normalized spacial score (nSPS) is 13.9. The van der Waals surface area contributed by atoms with Crippen LogP contribution >= 0.6 is 0 Å². The van der Waals surface area contributed by atoms with Crippen molar-refractivity contribution in [2.45, 2.75) is 66.3 Å². The quantitative estimate of drug-likeness (QED) is 0.646. The first-order chi connectivity index (χ1) is 15.2. The number of aryl methyl sites for hydroxylation is 2. The number of carbonyl (C=O) groups excluding carboxylic acids is 1. The summed E-state index contributed by atoms with van der Waals surface area (Å²) < 4.78 is 7.60. The zero-order chi connectivity index (χ0) is 23.0. The number of amides is 1. The highest BCUT2D eigenvalue weighted by Gasteiger charge is 2.28. The summed E-state index contributed by atoms with van der Waals surface area (Å²) in [5.41, 5.74) is 6.49. The molecule has 2 N–H and O–H groups in total. The van der Waals surface area contributed by atoms with Crippen LogP contribution in [0.5, 0.6) is 0 Å². The Morgan fingerprint density at radius 1 is 1.25 bits per heavy atom. The molecule has 4 rings (SSSR count). The molecule has 0 saturated heterocycles. The topological polar surface area (TPSA) is 92.0 Å². The van der Waals surface area contributed by atoms with E-state index in [1.54, 1.807) is 4.90 Å². The summed E-state index contributed by atoms with van der Waals surface area (Å²) in [5, 5.41) is 13.4. The number of hydrogen-bond acceptors (Lipinski definition) is 6. The van der Waals surface area contributed by atoms with Crippen LogP contribution < -0.4 is 5.32 Å².